The molecule has 156 valence electrons. The number of carbonyl (C=O) groups is 3. The van der Waals surface area contributed by atoms with E-state index >= 15 is 0 Å². The molecule has 4 amide bonds. The molecule has 1 aromatic rings. The van der Waals surface area contributed by atoms with Crippen molar-refractivity contribution < 1.29 is 14.4 Å². The van der Waals surface area contributed by atoms with Crippen molar-refractivity contribution >= 4 is 17.8 Å². The van der Waals surface area contributed by atoms with Crippen LogP contribution in [0.4, 0.5) is 4.79 Å². The lowest BCUT2D eigenvalue weighted by Gasteiger charge is -2.39. The predicted octanol–water partition coefficient (Wildman–Crippen LogP) is 1.63. The Morgan fingerprint density at radius 1 is 1.14 bits per heavy atom. The number of nitrogens with zero attached hydrogens (tertiary/aromatic N) is 3. The second kappa shape index (κ2) is 8.14. The van der Waals surface area contributed by atoms with Crippen molar-refractivity contribution in [2.75, 3.05) is 32.7 Å². The van der Waals surface area contributed by atoms with Gasteiger partial charge in [0, 0.05) is 26.2 Å². The van der Waals surface area contributed by atoms with E-state index in [1.165, 1.54) is 4.90 Å². The third-order valence-corrected chi connectivity index (χ3v) is 6.66. The lowest BCUT2D eigenvalue weighted by molar-refractivity contribution is -0.138. The summed E-state index contributed by atoms with van der Waals surface area (Å²) < 4.78 is 0. The topological polar surface area (TPSA) is 73.0 Å². The first kappa shape index (κ1) is 19.9. The van der Waals surface area contributed by atoms with Crippen LogP contribution in [0, 0.1) is 0 Å². The highest BCUT2D eigenvalue weighted by atomic mass is 16.2. The standard InChI is InChI=1S/C22H30N4O3/c1-2-24-13-10-22(11-14-24)20(28)26(21(29)23-22)18-9-6-12-25(16-18)19(27)15-17-7-4-3-5-8-17/h3-5,7-8,18H,2,6,9-16H2,1H3,(H,23,29). The van der Waals surface area contributed by atoms with Crippen LogP contribution in [0.5, 0.6) is 0 Å². The van der Waals surface area contributed by atoms with Gasteiger partial charge in [0.25, 0.3) is 5.91 Å². The van der Waals surface area contributed by atoms with E-state index in [9.17, 15) is 14.4 Å². The highest BCUT2D eigenvalue weighted by Gasteiger charge is 2.54. The molecular weight excluding hydrogens is 368 g/mol. The van der Waals surface area contributed by atoms with Gasteiger partial charge in [-0.1, -0.05) is 37.3 Å². The van der Waals surface area contributed by atoms with Crippen LogP contribution in [0.3, 0.4) is 0 Å². The van der Waals surface area contributed by atoms with Gasteiger partial charge in [0.2, 0.25) is 5.91 Å². The first-order valence-electron chi connectivity index (χ1n) is 10.7. The Morgan fingerprint density at radius 3 is 2.55 bits per heavy atom. The van der Waals surface area contributed by atoms with E-state index in [0.29, 0.717) is 32.4 Å². The van der Waals surface area contributed by atoms with Crippen LogP contribution in [-0.2, 0) is 16.0 Å². The third-order valence-electron chi connectivity index (χ3n) is 6.66. The second-order valence-electron chi connectivity index (χ2n) is 8.42. The molecule has 3 aliphatic rings. The van der Waals surface area contributed by atoms with Gasteiger partial charge in [0.1, 0.15) is 5.54 Å². The largest absolute Gasteiger partial charge is 0.340 e. The summed E-state index contributed by atoms with van der Waals surface area (Å²) in [6.45, 7) is 5.83. The second-order valence-corrected chi connectivity index (χ2v) is 8.42. The van der Waals surface area contributed by atoms with Gasteiger partial charge in [-0.05, 0) is 37.8 Å². The SMILES string of the molecule is CCN1CCC2(CC1)NC(=O)N(C1CCCN(C(=O)Cc3ccccc3)C1)C2=O. The molecule has 3 saturated heterocycles. The van der Waals surface area contributed by atoms with Gasteiger partial charge >= 0.3 is 6.03 Å². The molecule has 1 N–H and O–H groups in total. The van der Waals surface area contributed by atoms with Crippen LogP contribution in [0.15, 0.2) is 30.3 Å². The number of hydrogen-bond acceptors (Lipinski definition) is 4. The predicted molar refractivity (Wildman–Crippen MR) is 109 cm³/mol. The van der Waals surface area contributed by atoms with E-state index in [0.717, 1.165) is 38.0 Å². The quantitative estimate of drug-likeness (QED) is 0.783. The Labute approximate surface area is 172 Å². The minimum Gasteiger partial charge on any atom is -0.340 e. The van der Waals surface area contributed by atoms with E-state index in [1.54, 1.807) is 0 Å². The molecule has 1 aromatic carbocycles. The van der Waals surface area contributed by atoms with E-state index in [1.807, 2.05) is 35.2 Å². The van der Waals surface area contributed by atoms with Crippen molar-refractivity contribution in [2.24, 2.45) is 0 Å². The van der Waals surface area contributed by atoms with Gasteiger partial charge < -0.3 is 15.1 Å². The molecule has 3 heterocycles. The summed E-state index contributed by atoms with van der Waals surface area (Å²) in [6.07, 6.45) is 3.23. The molecule has 3 aliphatic heterocycles. The molecule has 1 spiro atoms. The number of hydrogen-bond donors (Lipinski definition) is 1. The van der Waals surface area contributed by atoms with E-state index in [4.69, 9.17) is 0 Å². The van der Waals surface area contributed by atoms with E-state index < -0.39 is 5.54 Å². The summed E-state index contributed by atoms with van der Waals surface area (Å²) in [7, 11) is 0. The summed E-state index contributed by atoms with van der Waals surface area (Å²) in [6, 6.07) is 9.16. The lowest BCUT2D eigenvalue weighted by atomic mass is 9.87. The van der Waals surface area contributed by atoms with Crippen LogP contribution < -0.4 is 5.32 Å². The molecule has 0 aromatic heterocycles. The van der Waals surface area contributed by atoms with E-state index in [-0.39, 0.29) is 23.9 Å². The maximum Gasteiger partial charge on any atom is 0.325 e. The number of rotatable bonds is 4. The zero-order chi connectivity index (χ0) is 20.4. The summed E-state index contributed by atoms with van der Waals surface area (Å²) >= 11 is 0. The molecule has 0 radical (unpaired) electrons. The van der Waals surface area contributed by atoms with Crippen LogP contribution in [0.25, 0.3) is 0 Å². The molecule has 29 heavy (non-hydrogen) atoms. The van der Waals surface area contributed by atoms with Gasteiger partial charge in [-0.2, -0.15) is 0 Å². The Hall–Kier alpha value is -2.41. The highest BCUT2D eigenvalue weighted by molar-refractivity contribution is 6.07. The van der Waals surface area contributed by atoms with Gasteiger partial charge in [-0.3, -0.25) is 14.5 Å². The summed E-state index contributed by atoms with van der Waals surface area (Å²) in [5.74, 6) is -0.0421. The van der Waals surface area contributed by atoms with Crippen molar-refractivity contribution in [1.29, 1.82) is 0 Å². The number of nitrogens with one attached hydrogen (secondary N) is 1. The normalized spacial score (nSPS) is 24.8. The maximum atomic E-state index is 13.3. The monoisotopic (exact) mass is 398 g/mol. The average molecular weight is 399 g/mol. The maximum absolute atomic E-state index is 13.3. The van der Waals surface area contributed by atoms with Crippen molar-refractivity contribution in [3.63, 3.8) is 0 Å². The molecular formula is C22H30N4O3. The van der Waals surface area contributed by atoms with Crippen molar-refractivity contribution in [3.8, 4) is 0 Å². The van der Waals surface area contributed by atoms with Gasteiger partial charge in [-0.15, -0.1) is 0 Å². The van der Waals surface area contributed by atoms with Crippen LogP contribution in [0.2, 0.25) is 0 Å². The average Bonchev–Trinajstić information content (AvgIpc) is 2.98. The zero-order valence-electron chi connectivity index (χ0n) is 17.1. The number of imide groups is 1. The number of piperidine rings is 2. The highest BCUT2D eigenvalue weighted by Crippen LogP contribution is 2.32. The molecule has 1 unspecified atom stereocenters. The molecule has 4 rings (SSSR count). The minimum absolute atomic E-state index is 0.0546. The number of benzene rings is 1. The minimum atomic E-state index is -0.751. The van der Waals surface area contributed by atoms with Crippen LogP contribution in [0.1, 0.15) is 38.2 Å². The summed E-state index contributed by atoms with van der Waals surface area (Å²) in [5.41, 5.74) is 0.232. The zero-order valence-corrected chi connectivity index (χ0v) is 17.1. The number of carbonyl (C=O) groups excluding carboxylic acids is 3. The van der Waals surface area contributed by atoms with Crippen LogP contribution in [-0.4, -0.2) is 76.8 Å². The number of urea groups is 1. The Kier molecular flexibility index (Phi) is 5.58. The fourth-order valence-electron chi connectivity index (χ4n) is 4.84. The molecule has 0 saturated carbocycles. The molecule has 7 nitrogen and oxygen atoms in total. The molecule has 3 fully saturated rings. The van der Waals surface area contributed by atoms with Gasteiger partial charge in [-0.25, -0.2) is 4.79 Å². The number of amides is 4. The van der Waals surface area contributed by atoms with Gasteiger partial charge in [0.15, 0.2) is 0 Å². The fourth-order valence-corrected chi connectivity index (χ4v) is 4.84. The van der Waals surface area contributed by atoms with Crippen LogP contribution >= 0.6 is 0 Å². The molecule has 0 aliphatic carbocycles. The fraction of sp³-hybridized carbons (Fsp3) is 0.591. The molecule has 7 heteroatoms. The third kappa shape index (κ3) is 3.88. The first-order valence-corrected chi connectivity index (χ1v) is 10.7. The Balaban J connectivity index is 1.42. The van der Waals surface area contributed by atoms with Crippen molar-refractivity contribution in [1.82, 2.24) is 20.0 Å². The summed E-state index contributed by atoms with van der Waals surface area (Å²) in [4.78, 5) is 44.3. The smallest absolute Gasteiger partial charge is 0.325 e. The van der Waals surface area contributed by atoms with Gasteiger partial charge in [0.05, 0.1) is 12.5 Å². The lowest BCUT2D eigenvalue weighted by Crippen LogP contribution is -2.56. The van der Waals surface area contributed by atoms with E-state index in [2.05, 4.69) is 17.1 Å². The Morgan fingerprint density at radius 2 is 1.86 bits per heavy atom. The van der Waals surface area contributed by atoms with Crippen molar-refractivity contribution in [3.05, 3.63) is 35.9 Å². The molecule has 0 bridgehead atoms. The molecule has 1 atom stereocenters. The Bertz CT molecular complexity index is 774. The summed E-state index contributed by atoms with van der Waals surface area (Å²) in [5, 5.41) is 3.00. The van der Waals surface area contributed by atoms with Crippen molar-refractivity contribution in [2.45, 2.75) is 50.6 Å². The first-order chi connectivity index (χ1) is 14.0. The number of likely N-dealkylation sites (tertiary alicyclic amines) is 2.